The van der Waals surface area contributed by atoms with Crippen LogP contribution in [-0.2, 0) is 0 Å². The Hall–Kier alpha value is -0.890. The van der Waals surface area contributed by atoms with Gasteiger partial charge >= 0.3 is 6.03 Å². The number of halogens is 2. The smallest absolute Gasteiger partial charge is 0.319 e. The molecule has 1 aromatic rings. The normalized spacial score (nSPS) is 12.0. The van der Waals surface area contributed by atoms with Crippen LogP contribution in [0.15, 0.2) is 18.2 Å². The Kier molecular flexibility index (Phi) is 4.94. The van der Waals surface area contributed by atoms with Gasteiger partial charge in [0.1, 0.15) is 5.82 Å². The van der Waals surface area contributed by atoms with Gasteiger partial charge in [0.05, 0.1) is 18.3 Å². The molecule has 0 aliphatic heterocycles. The van der Waals surface area contributed by atoms with Gasteiger partial charge < -0.3 is 15.7 Å². The number of aliphatic hydroxyl groups is 1. The average Bonchev–Trinajstić information content (AvgIpc) is 2.22. The van der Waals surface area contributed by atoms with Gasteiger partial charge in [0.2, 0.25) is 0 Å². The predicted molar refractivity (Wildman–Crippen MR) is 67.8 cm³/mol. The zero-order valence-electron chi connectivity index (χ0n) is 8.63. The first kappa shape index (κ1) is 13.2. The second-order valence-electron chi connectivity index (χ2n) is 3.31. The van der Waals surface area contributed by atoms with E-state index in [1.807, 2.05) is 22.6 Å². The molecule has 3 N–H and O–H groups in total. The van der Waals surface area contributed by atoms with Crippen molar-refractivity contribution in [3.63, 3.8) is 0 Å². The molecule has 0 aliphatic carbocycles. The van der Waals surface area contributed by atoms with Crippen molar-refractivity contribution in [3.8, 4) is 0 Å². The molecule has 1 rings (SSSR count). The van der Waals surface area contributed by atoms with Crippen LogP contribution in [0, 0.1) is 9.39 Å². The molecular formula is C10H12FIN2O2. The Morgan fingerprint density at radius 2 is 2.31 bits per heavy atom. The predicted octanol–water partition coefficient (Wildman–Crippen LogP) is 1.93. The van der Waals surface area contributed by atoms with E-state index in [2.05, 4.69) is 10.6 Å². The van der Waals surface area contributed by atoms with E-state index < -0.39 is 6.03 Å². The molecule has 1 unspecified atom stereocenters. The van der Waals surface area contributed by atoms with Gasteiger partial charge in [-0.1, -0.05) is 0 Å². The highest BCUT2D eigenvalue weighted by Gasteiger charge is 2.08. The molecule has 0 radical (unpaired) electrons. The summed E-state index contributed by atoms with van der Waals surface area (Å²) < 4.78 is 13.4. The van der Waals surface area contributed by atoms with Gasteiger partial charge in [-0.25, -0.2) is 9.18 Å². The minimum Gasteiger partial charge on any atom is -0.394 e. The number of benzene rings is 1. The van der Waals surface area contributed by atoms with Crippen LogP contribution in [0.1, 0.15) is 6.92 Å². The molecule has 88 valence electrons. The summed E-state index contributed by atoms with van der Waals surface area (Å²) in [6, 6.07) is 3.34. The third kappa shape index (κ3) is 3.93. The zero-order valence-corrected chi connectivity index (χ0v) is 10.8. The SMILES string of the molecule is CC(CO)NC(=O)Nc1ccc(F)cc1I. The molecule has 0 spiro atoms. The van der Waals surface area contributed by atoms with Crippen LogP contribution in [0.25, 0.3) is 0 Å². The number of nitrogens with one attached hydrogen (secondary N) is 2. The van der Waals surface area contributed by atoms with Crippen molar-refractivity contribution in [2.45, 2.75) is 13.0 Å². The Morgan fingerprint density at radius 1 is 1.62 bits per heavy atom. The summed E-state index contributed by atoms with van der Waals surface area (Å²) in [7, 11) is 0. The summed E-state index contributed by atoms with van der Waals surface area (Å²) in [6.45, 7) is 1.54. The lowest BCUT2D eigenvalue weighted by Crippen LogP contribution is -2.38. The first-order valence-corrected chi connectivity index (χ1v) is 5.74. The van der Waals surface area contributed by atoms with E-state index in [0.29, 0.717) is 9.26 Å². The molecule has 0 aromatic heterocycles. The molecule has 0 saturated carbocycles. The lowest BCUT2D eigenvalue weighted by atomic mass is 10.3. The van der Waals surface area contributed by atoms with Crippen LogP contribution in [0.2, 0.25) is 0 Å². The molecule has 0 bridgehead atoms. The van der Waals surface area contributed by atoms with Crippen LogP contribution < -0.4 is 10.6 Å². The van der Waals surface area contributed by atoms with E-state index in [4.69, 9.17) is 5.11 Å². The minimum atomic E-state index is -0.425. The number of urea groups is 1. The van der Waals surface area contributed by atoms with Gasteiger partial charge in [0.15, 0.2) is 0 Å². The molecule has 1 atom stereocenters. The zero-order chi connectivity index (χ0) is 12.1. The van der Waals surface area contributed by atoms with Crippen molar-refractivity contribution in [3.05, 3.63) is 27.6 Å². The summed E-state index contributed by atoms with van der Waals surface area (Å²) in [4.78, 5) is 11.4. The Morgan fingerprint density at radius 3 is 2.88 bits per heavy atom. The fourth-order valence-electron chi connectivity index (χ4n) is 1.02. The molecule has 0 aliphatic rings. The van der Waals surface area contributed by atoms with Crippen LogP contribution in [-0.4, -0.2) is 23.8 Å². The molecule has 2 amide bonds. The highest BCUT2D eigenvalue weighted by Crippen LogP contribution is 2.18. The first-order valence-electron chi connectivity index (χ1n) is 4.66. The number of rotatable bonds is 3. The molecule has 0 saturated heterocycles. The Labute approximate surface area is 106 Å². The number of carbonyl (C=O) groups is 1. The lowest BCUT2D eigenvalue weighted by molar-refractivity contribution is 0.229. The van der Waals surface area contributed by atoms with Crippen LogP contribution >= 0.6 is 22.6 Å². The van der Waals surface area contributed by atoms with E-state index in [-0.39, 0.29) is 18.5 Å². The largest absolute Gasteiger partial charge is 0.394 e. The molecule has 0 heterocycles. The monoisotopic (exact) mass is 338 g/mol. The maximum atomic E-state index is 12.8. The molecular weight excluding hydrogens is 326 g/mol. The maximum Gasteiger partial charge on any atom is 0.319 e. The van der Waals surface area contributed by atoms with Crippen molar-refractivity contribution in [1.29, 1.82) is 0 Å². The molecule has 6 heteroatoms. The third-order valence-electron chi connectivity index (χ3n) is 1.83. The Bertz CT molecular complexity index is 387. The Balaban J connectivity index is 2.63. The van der Waals surface area contributed by atoms with Gasteiger partial charge in [0, 0.05) is 3.57 Å². The molecule has 0 fully saturated rings. The fourth-order valence-corrected chi connectivity index (χ4v) is 1.63. The number of carbonyl (C=O) groups excluding carboxylic acids is 1. The minimum absolute atomic E-state index is 0.131. The second-order valence-corrected chi connectivity index (χ2v) is 4.47. The first-order chi connectivity index (χ1) is 7.52. The molecule has 16 heavy (non-hydrogen) atoms. The highest BCUT2D eigenvalue weighted by atomic mass is 127. The quantitative estimate of drug-likeness (QED) is 0.738. The van der Waals surface area contributed by atoms with Gasteiger partial charge in [-0.3, -0.25) is 0 Å². The second kappa shape index (κ2) is 6.00. The van der Waals surface area contributed by atoms with Crippen molar-refractivity contribution in [2.75, 3.05) is 11.9 Å². The maximum absolute atomic E-state index is 12.8. The average molecular weight is 338 g/mol. The summed E-state index contributed by atoms with van der Waals surface area (Å²) in [5, 5.41) is 13.8. The van der Waals surface area contributed by atoms with Crippen molar-refractivity contribution in [2.24, 2.45) is 0 Å². The number of anilines is 1. The van der Waals surface area contributed by atoms with Crippen molar-refractivity contribution >= 4 is 34.3 Å². The van der Waals surface area contributed by atoms with Gasteiger partial charge in [-0.2, -0.15) is 0 Å². The summed E-state index contributed by atoms with van der Waals surface area (Å²) in [5.74, 6) is -0.348. The van der Waals surface area contributed by atoms with E-state index in [1.54, 1.807) is 6.92 Å². The van der Waals surface area contributed by atoms with Crippen LogP contribution in [0.4, 0.5) is 14.9 Å². The number of hydrogen-bond donors (Lipinski definition) is 3. The van der Waals surface area contributed by atoms with Crippen LogP contribution in [0.5, 0.6) is 0 Å². The third-order valence-corrected chi connectivity index (χ3v) is 2.72. The van der Waals surface area contributed by atoms with E-state index in [1.165, 1.54) is 18.2 Å². The number of amides is 2. The van der Waals surface area contributed by atoms with Gasteiger partial charge in [-0.05, 0) is 47.7 Å². The van der Waals surface area contributed by atoms with Gasteiger partial charge in [-0.15, -0.1) is 0 Å². The topological polar surface area (TPSA) is 61.4 Å². The summed E-state index contributed by atoms with van der Waals surface area (Å²) in [5.41, 5.74) is 0.532. The van der Waals surface area contributed by atoms with Crippen molar-refractivity contribution < 1.29 is 14.3 Å². The fraction of sp³-hybridized carbons (Fsp3) is 0.300. The summed E-state index contributed by atoms with van der Waals surface area (Å²) in [6.07, 6.45) is 0. The molecule has 1 aromatic carbocycles. The van der Waals surface area contributed by atoms with Crippen LogP contribution in [0.3, 0.4) is 0 Å². The standard InChI is InChI=1S/C10H12FIN2O2/c1-6(5-15)13-10(16)14-9-3-2-7(11)4-8(9)12/h2-4,6,15H,5H2,1H3,(H2,13,14,16). The van der Waals surface area contributed by atoms with Gasteiger partial charge in [0.25, 0.3) is 0 Å². The van der Waals surface area contributed by atoms with E-state index in [9.17, 15) is 9.18 Å². The summed E-state index contributed by atoms with van der Waals surface area (Å²) >= 11 is 1.93. The lowest BCUT2D eigenvalue weighted by Gasteiger charge is -2.12. The number of hydrogen-bond acceptors (Lipinski definition) is 2. The van der Waals surface area contributed by atoms with Crippen molar-refractivity contribution in [1.82, 2.24) is 5.32 Å². The van der Waals surface area contributed by atoms with E-state index >= 15 is 0 Å². The molecule has 4 nitrogen and oxygen atoms in total. The van der Waals surface area contributed by atoms with E-state index in [0.717, 1.165) is 0 Å². The highest BCUT2D eigenvalue weighted by molar-refractivity contribution is 14.1. The number of aliphatic hydroxyl groups excluding tert-OH is 1.